The molecule has 0 fully saturated rings. The third kappa shape index (κ3) is 6.03. The molecule has 0 spiro atoms. The van der Waals surface area contributed by atoms with Crippen LogP contribution < -0.4 is 44.1 Å². The van der Waals surface area contributed by atoms with Crippen LogP contribution in [-0.2, 0) is 11.2 Å². The number of carboxylic acid groups (broad SMARTS) is 1. The van der Waals surface area contributed by atoms with E-state index in [0.717, 1.165) is 11.7 Å². The van der Waals surface area contributed by atoms with Crippen LogP contribution in [-0.4, -0.2) is 39.6 Å². The zero-order valence-corrected chi connectivity index (χ0v) is 22.9. The van der Waals surface area contributed by atoms with Gasteiger partial charge in [0.1, 0.15) is 11.0 Å². The monoisotopic (exact) mass is 527 g/mol. The summed E-state index contributed by atoms with van der Waals surface area (Å²) in [7, 11) is 2.88. The van der Waals surface area contributed by atoms with Gasteiger partial charge in [0.15, 0.2) is 17.3 Å². The van der Waals surface area contributed by atoms with Crippen LogP contribution in [0.1, 0.15) is 21.5 Å². The van der Waals surface area contributed by atoms with Crippen LogP contribution in [0, 0.1) is 10.1 Å². The first-order chi connectivity index (χ1) is 17.3. The predicted molar refractivity (Wildman–Crippen MR) is 130 cm³/mol. The number of carboxylic acids is 1. The number of fused-ring (bicyclic) bond motifs is 1. The van der Waals surface area contributed by atoms with Gasteiger partial charge in [-0.15, -0.1) is 0 Å². The summed E-state index contributed by atoms with van der Waals surface area (Å²) in [4.78, 5) is 36.7. The number of carbonyl (C=O) groups is 2. The number of allylic oxidation sites excluding steroid dienone is 1. The Labute approximate surface area is 237 Å². The van der Waals surface area contributed by atoms with Crippen LogP contribution in [0.3, 0.4) is 0 Å². The molecule has 12 heteroatoms. The van der Waals surface area contributed by atoms with Crippen LogP contribution in [0.15, 0.2) is 66.2 Å². The van der Waals surface area contributed by atoms with Gasteiger partial charge in [0.05, 0.1) is 36.8 Å². The number of nitro benzene ring substituents is 1. The molecular weight excluding hydrogens is 509 g/mol. The van der Waals surface area contributed by atoms with Crippen LogP contribution >= 0.6 is 11.7 Å². The molecule has 0 aliphatic heterocycles. The van der Waals surface area contributed by atoms with Crippen molar-refractivity contribution in [1.82, 2.24) is 8.75 Å². The number of non-ortho nitro benzene ring substituents is 1. The largest absolute Gasteiger partial charge is 1.00 e. The minimum Gasteiger partial charge on any atom is -0.545 e. The van der Waals surface area contributed by atoms with Gasteiger partial charge >= 0.3 is 29.6 Å². The Balaban J connectivity index is 0.00000380. The van der Waals surface area contributed by atoms with E-state index in [-0.39, 0.29) is 63.9 Å². The van der Waals surface area contributed by atoms with E-state index in [4.69, 9.17) is 9.47 Å². The Morgan fingerprint density at radius 3 is 2.16 bits per heavy atom. The number of rotatable bonds is 9. The summed E-state index contributed by atoms with van der Waals surface area (Å²) >= 11 is 0.980. The molecule has 4 rings (SSSR count). The van der Waals surface area contributed by atoms with E-state index in [2.05, 4.69) is 8.75 Å². The van der Waals surface area contributed by atoms with Crippen molar-refractivity contribution in [3.63, 3.8) is 0 Å². The summed E-state index contributed by atoms with van der Waals surface area (Å²) in [5, 5.41) is 23.5. The molecule has 182 valence electrons. The van der Waals surface area contributed by atoms with E-state index in [0.29, 0.717) is 28.1 Å². The number of hydrogen-bond acceptors (Lipinski definition) is 10. The number of ketones is 1. The topological polar surface area (TPSA) is 145 Å². The molecule has 0 radical (unpaired) electrons. The number of Topliss-reactive ketones (excluding diaryl/α,β-unsaturated/α-hetero) is 1. The minimum atomic E-state index is -1.55. The van der Waals surface area contributed by atoms with Crippen LogP contribution in [0.25, 0.3) is 16.6 Å². The standard InChI is InChI=1S/C25H19N3O7S.Na/c1-34-21-10-6-16(13-22(21)35-2)24(29)18(11-14-3-7-17(8-4-14)28(32)33)23(25(30)31)15-5-9-19-20(12-15)27-36-26-19;/h3-10,12-13H,11H2,1-2H3,(H,30,31);/q;+1/p-1. The molecule has 0 unspecified atom stereocenters. The number of aromatic nitrogens is 2. The number of nitrogens with zero attached hydrogens (tertiary/aromatic N) is 3. The number of ether oxygens (including phenoxy) is 2. The van der Waals surface area contributed by atoms with Gasteiger partial charge in [0, 0.05) is 35.3 Å². The summed E-state index contributed by atoms with van der Waals surface area (Å²) in [6, 6.07) is 14.7. The number of hydrogen-bond donors (Lipinski definition) is 0. The second kappa shape index (κ2) is 12.1. The molecule has 1 aromatic heterocycles. The predicted octanol–water partition coefficient (Wildman–Crippen LogP) is 0.250. The van der Waals surface area contributed by atoms with Crippen molar-refractivity contribution in [3.8, 4) is 11.5 Å². The SMILES string of the molecule is COc1ccc(C(=O)C(Cc2ccc([N+](=O)[O-])cc2)=C(C(=O)[O-])c2ccc3nsnc3c2)cc1OC.[Na+]. The van der Waals surface area contributed by atoms with E-state index in [1.54, 1.807) is 12.1 Å². The molecule has 0 atom stereocenters. The fraction of sp³-hybridized carbons (Fsp3) is 0.120. The van der Waals surface area contributed by atoms with E-state index in [1.807, 2.05) is 0 Å². The Bertz CT molecular complexity index is 1520. The first-order valence-corrected chi connectivity index (χ1v) is 11.2. The molecule has 0 saturated heterocycles. The van der Waals surface area contributed by atoms with Gasteiger partial charge in [-0.3, -0.25) is 14.9 Å². The fourth-order valence-corrected chi connectivity index (χ4v) is 4.24. The van der Waals surface area contributed by atoms with Crippen LogP contribution in [0.2, 0.25) is 0 Å². The van der Waals surface area contributed by atoms with E-state index >= 15 is 0 Å². The number of nitro groups is 1. The third-order valence-electron chi connectivity index (χ3n) is 5.50. The summed E-state index contributed by atoms with van der Waals surface area (Å²) in [5.74, 6) is -1.44. The average molecular weight is 527 g/mol. The van der Waals surface area contributed by atoms with Crippen molar-refractivity contribution in [2.75, 3.05) is 14.2 Å². The number of aliphatic carboxylic acids is 1. The molecule has 37 heavy (non-hydrogen) atoms. The maximum atomic E-state index is 13.7. The molecule has 10 nitrogen and oxygen atoms in total. The first-order valence-electron chi connectivity index (χ1n) is 10.5. The zero-order chi connectivity index (χ0) is 25.8. The van der Waals surface area contributed by atoms with Crippen molar-refractivity contribution >= 4 is 45.8 Å². The summed E-state index contributed by atoms with van der Waals surface area (Å²) in [6.07, 6.45) is -0.123. The second-order valence-electron chi connectivity index (χ2n) is 7.61. The fourth-order valence-electron chi connectivity index (χ4n) is 3.73. The first kappa shape index (κ1) is 27.9. The molecule has 0 saturated carbocycles. The molecule has 0 aliphatic carbocycles. The van der Waals surface area contributed by atoms with Crippen molar-refractivity contribution in [2.45, 2.75) is 6.42 Å². The van der Waals surface area contributed by atoms with E-state index < -0.39 is 16.7 Å². The minimum absolute atomic E-state index is 0. The number of benzene rings is 3. The maximum absolute atomic E-state index is 13.7. The second-order valence-corrected chi connectivity index (χ2v) is 8.14. The van der Waals surface area contributed by atoms with Gasteiger partial charge in [-0.1, -0.05) is 18.2 Å². The molecule has 0 aliphatic rings. The van der Waals surface area contributed by atoms with Gasteiger partial charge in [-0.2, -0.15) is 8.75 Å². The Kier molecular flexibility index (Phi) is 9.11. The Morgan fingerprint density at radius 2 is 1.54 bits per heavy atom. The van der Waals surface area contributed by atoms with Crippen LogP contribution in [0.4, 0.5) is 5.69 Å². The normalized spacial score (nSPS) is 11.3. The van der Waals surface area contributed by atoms with E-state index in [9.17, 15) is 24.8 Å². The molecule has 3 aromatic carbocycles. The molecule has 1 heterocycles. The smallest absolute Gasteiger partial charge is 0.545 e. The molecular formula is C25H18N3NaO7S. The molecule has 0 N–H and O–H groups in total. The Morgan fingerprint density at radius 1 is 0.892 bits per heavy atom. The van der Waals surface area contributed by atoms with Crippen molar-refractivity contribution in [1.29, 1.82) is 0 Å². The van der Waals surface area contributed by atoms with Gasteiger partial charge < -0.3 is 19.4 Å². The maximum Gasteiger partial charge on any atom is 1.00 e. The Hall–Kier alpha value is -3.64. The van der Waals surface area contributed by atoms with Gasteiger partial charge in [-0.05, 0) is 41.5 Å². The quantitative estimate of drug-likeness (QED) is 0.0983. The summed E-state index contributed by atoms with van der Waals surface area (Å²) in [5.41, 5.74) is 1.44. The van der Waals surface area contributed by atoms with Crippen molar-refractivity contribution in [3.05, 3.63) is 93.0 Å². The number of methoxy groups -OCH3 is 2. The summed E-state index contributed by atoms with van der Waals surface area (Å²) in [6.45, 7) is 0. The number of carbonyl (C=O) groups excluding carboxylic acids is 2. The molecule has 0 bridgehead atoms. The van der Waals surface area contributed by atoms with Gasteiger partial charge in [0.25, 0.3) is 5.69 Å². The van der Waals surface area contributed by atoms with Gasteiger partial charge in [0.2, 0.25) is 0 Å². The zero-order valence-electron chi connectivity index (χ0n) is 20.1. The van der Waals surface area contributed by atoms with E-state index in [1.165, 1.54) is 62.8 Å². The molecule has 0 amide bonds. The third-order valence-corrected chi connectivity index (χ3v) is 6.05. The summed E-state index contributed by atoms with van der Waals surface area (Å²) < 4.78 is 18.8. The van der Waals surface area contributed by atoms with Crippen LogP contribution in [0.5, 0.6) is 11.5 Å². The van der Waals surface area contributed by atoms with Crippen molar-refractivity contribution < 1.29 is 58.6 Å². The van der Waals surface area contributed by atoms with Gasteiger partial charge in [-0.25, -0.2) is 0 Å². The van der Waals surface area contributed by atoms with Crippen molar-refractivity contribution in [2.24, 2.45) is 0 Å². The average Bonchev–Trinajstić information content (AvgIpc) is 3.35. The molecule has 4 aromatic rings.